The van der Waals surface area contributed by atoms with Gasteiger partial charge in [0.05, 0.1) is 24.3 Å². The number of hydrogen-bond donors (Lipinski definition) is 1. The third-order valence-electron chi connectivity index (χ3n) is 3.77. The van der Waals surface area contributed by atoms with E-state index in [1.807, 2.05) is 6.92 Å². The van der Waals surface area contributed by atoms with Crippen molar-refractivity contribution in [3.05, 3.63) is 65.8 Å². The highest BCUT2D eigenvalue weighted by molar-refractivity contribution is 5.92. The number of nitrogens with one attached hydrogen (secondary N) is 1. The Morgan fingerprint density at radius 2 is 1.92 bits per heavy atom. The van der Waals surface area contributed by atoms with Gasteiger partial charge in [0.25, 0.3) is 0 Å². The minimum atomic E-state index is -0.417. The Bertz CT molecular complexity index is 904. The van der Waals surface area contributed by atoms with Crippen LogP contribution in [0.25, 0.3) is 11.5 Å². The molecule has 0 unspecified atom stereocenters. The molecular weight excluding hydrogens is 335 g/mol. The average Bonchev–Trinajstić information content (AvgIpc) is 2.97. The first kappa shape index (κ1) is 17.7. The number of nitrogens with zero attached hydrogens (tertiary/aromatic N) is 1. The average molecular weight is 354 g/mol. The summed E-state index contributed by atoms with van der Waals surface area (Å²) in [5.74, 6) is 0.756. The summed E-state index contributed by atoms with van der Waals surface area (Å²) in [5.41, 5.74) is 1.41. The molecule has 1 aromatic heterocycles. The minimum absolute atomic E-state index is 0.0387. The van der Waals surface area contributed by atoms with Crippen molar-refractivity contribution in [1.29, 1.82) is 0 Å². The van der Waals surface area contributed by atoms with Gasteiger partial charge in [0.15, 0.2) is 0 Å². The molecule has 0 radical (unpaired) electrons. The quantitative estimate of drug-likeness (QED) is 0.714. The van der Waals surface area contributed by atoms with Gasteiger partial charge in [-0.2, -0.15) is 0 Å². The lowest BCUT2D eigenvalue weighted by atomic mass is 10.2. The Morgan fingerprint density at radius 3 is 2.62 bits per heavy atom. The Morgan fingerprint density at radius 1 is 1.19 bits per heavy atom. The summed E-state index contributed by atoms with van der Waals surface area (Å²) in [4.78, 5) is 16.5. The Kier molecular flexibility index (Phi) is 5.31. The van der Waals surface area contributed by atoms with Crippen LogP contribution < -0.4 is 10.1 Å². The molecule has 0 atom stereocenters. The topological polar surface area (TPSA) is 64.4 Å². The molecule has 1 amide bonds. The van der Waals surface area contributed by atoms with E-state index in [0.29, 0.717) is 23.7 Å². The molecule has 3 rings (SSSR count). The van der Waals surface area contributed by atoms with Gasteiger partial charge in [-0.05, 0) is 50.2 Å². The first-order valence-corrected chi connectivity index (χ1v) is 8.30. The predicted octanol–water partition coefficient (Wildman–Crippen LogP) is 4.37. The molecule has 0 bridgehead atoms. The van der Waals surface area contributed by atoms with E-state index in [4.69, 9.17) is 9.15 Å². The van der Waals surface area contributed by atoms with Gasteiger partial charge in [-0.25, -0.2) is 9.37 Å². The SMILES string of the molecule is CCOc1ccc(NC(=O)Cc2nc(-c3ccccc3F)oc2C)cc1. The number of aromatic nitrogens is 1. The van der Waals surface area contributed by atoms with Crippen LogP contribution in [-0.2, 0) is 11.2 Å². The second-order valence-electron chi connectivity index (χ2n) is 5.68. The predicted molar refractivity (Wildman–Crippen MR) is 96.6 cm³/mol. The van der Waals surface area contributed by atoms with Crippen molar-refractivity contribution in [3.8, 4) is 17.2 Å². The molecule has 0 aliphatic rings. The van der Waals surface area contributed by atoms with Gasteiger partial charge in [-0.3, -0.25) is 4.79 Å². The molecule has 0 spiro atoms. The van der Waals surface area contributed by atoms with Crippen LogP contribution in [0.15, 0.2) is 52.9 Å². The van der Waals surface area contributed by atoms with E-state index in [1.165, 1.54) is 6.07 Å². The smallest absolute Gasteiger partial charge is 0.230 e. The van der Waals surface area contributed by atoms with Crippen molar-refractivity contribution in [1.82, 2.24) is 4.98 Å². The molecule has 6 heteroatoms. The molecule has 2 aromatic carbocycles. The normalized spacial score (nSPS) is 10.6. The second-order valence-corrected chi connectivity index (χ2v) is 5.68. The van der Waals surface area contributed by atoms with E-state index in [1.54, 1.807) is 49.4 Å². The van der Waals surface area contributed by atoms with Crippen molar-refractivity contribution in [2.45, 2.75) is 20.3 Å². The number of rotatable bonds is 6. The molecule has 0 saturated heterocycles. The number of carbonyl (C=O) groups excluding carboxylic acids is 1. The number of amides is 1. The van der Waals surface area contributed by atoms with Crippen LogP contribution in [0, 0.1) is 12.7 Å². The van der Waals surface area contributed by atoms with Crippen LogP contribution in [-0.4, -0.2) is 17.5 Å². The highest BCUT2D eigenvalue weighted by Gasteiger charge is 2.17. The monoisotopic (exact) mass is 354 g/mol. The fourth-order valence-corrected chi connectivity index (χ4v) is 2.50. The zero-order valence-electron chi connectivity index (χ0n) is 14.6. The van der Waals surface area contributed by atoms with Crippen LogP contribution in [0.5, 0.6) is 5.75 Å². The van der Waals surface area contributed by atoms with Crippen LogP contribution >= 0.6 is 0 Å². The number of carbonyl (C=O) groups is 1. The van der Waals surface area contributed by atoms with E-state index in [0.717, 1.165) is 5.75 Å². The summed E-state index contributed by atoms with van der Waals surface area (Å²) < 4.78 is 24.8. The van der Waals surface area contributed by atoms with Crippen LogP contribution in [0.4, 0.5) is 10.1 Å². The molecule has 26 heavy (non-hydrogen) atoms. The third kappa shape index (κ3) is 4.08. The van der Waals surface area contributed by atoms with Gasteiger partial charge in [-0.1, -0.05) is 12.1 Å². The fraction of sp³-hybridized carbons (Fsp3) is 0.200. The van der Waals surface area contributed by atoms with Crippen molar-refractivity contribution >= 4 is 11.6 Å². The van der Waals surface area contributed by atoms with Gasteiger partial charge in [0.1, 0.15) is 17.3 Å². The maximum Gasteiger partial charge on any atom is 0.230 e. The Balaban J connectivity index is 1.69. The van der Waals surface area contributed by atoms with Gasteiger partial charge >= 0.3 is 0 Å². The highest BCUT2D eigenvalue weighted by Crippen LogP contribution is 2.24. The molecule has 0 fully saturated rings. The number of oxazole rings is 1. The lowest BCUT2D eigenvalue weighted by molar-refractivity contribution is -0.115. The number of aryl methyl sites for hydroxylation is 1. The van der Waals surface area contributed by atoms with Crippen LogP contribution in [0.3, 0.4) is 0 Å². The van der Waals surface area contributed by atoms with E-state index in [9.17, 15) is 9.18 Å². The summed E-state index contributed by atoms with van der Waals surface area (Å²) in [6, 6.07) is 13.3. The summed E-state index contributed by atoms with van der Waals surface area (Å²) >= 11 is 0. The molecule has 134 valence electrons. The number of benzene rings is 2. The standard InChI is InChI=1S/C20H19FN2O3/c1-3-25-15-10-8-14(9-11-15)22-19(24)12-18-13(2)26-20(23-18)16-6-4-5-7-17(16)21/h4-11H,3,12H2,1-2H3,(H,22,24). The Labute approximate surface area is 150 Å². The summed E-state index contributed by atoms with van der Waals surface area (Å²) in [5, 5.41) is 2.80. The maximum atomic E-state index is 13.9. The summed E-state index contributed by atoms with van der Waals surface area (Å²) in [6.07, 6.45) is 0.0387. The zero-order chi connectivity index (χ0) is 18.5. The van der Waals surface area contributed by atoms with Gasteiger partial charge in [0, 0.05) is 5.69 Å². The van der Waals surface area contributed by atoms with Crippen molar-refractivity contribution in [2.24, 2.45) is 0 Å². The van der Waals surface area contributed by atoms with E-state index in [2.05, 4.69) is 10.3 Å². The first-order chi connectivity index (χ1) is 12.6. The molecule has 0 aliphatic heterocycles. The van der Waals surface area contributed by atoms with E-state index < -0.39 is 5.82 Å². The largest absolute Gasteiger partial charge is 0.494 e. The lowest BCUT2D eigenvalue weighted by Crippen LogP contribution is -2.15. The molecule has 1 heterocycles. The maximum absolute atomic E-state index is 13.9. The third-order valence-corrected chi connectivity index (χ3v) is 3.77. The molecule has 0 saturated carbocycles. The second kappa shape index (κ2) is 7.82. The van der Waals surface area contributed by atoms with E-state index in [-0.39, 0.29) is 23.8 Å². The van der Waals surface area contributed by atoms with Gasteiger partial charge in [0.2, 0.25) is 11.8 Å². The number of hydrogen-bond acceptors (Lipinski definition) is 4. The number of ether oxygens (including phenoxy) is 1. The van der Waals surface area contributed by atoms with Crippen molar-refractivity contribution in [2.75, 3.05) is 11.9 Å². The number of anilines is 1. The van der Waals surface area contributed by atoms with Crippen molar-refractivity contribution < 1.29 is 18.3 Å². The zero-order valence-corrected chi connectivity index (χ0v) is 14.6. The Hall–Kier alpha value is -3.15. The highest BCUT2D eigenvalue weighted by atomic mass is 19.1. The van der Waals surface area contributed by atoms with Gasteiger partial charge in [-0.15, -0.1) is 0 Å². The molecule has 3 aromatic rings. The van der Waals surface area contributed by atoms with Crippen LogP contribution in [0.1, 0.15) is 18.4 Å². The van der Waals surface area contributed by atoms with Crippen LogP contribution in [0.2, 0.25) is 0 Å². The molecule has 0 aliphatic carbocycles. The molecular formula is C20H19FN2O3. The van der Waals surface area contributed by atoms with E-state index >= 15 is 0 Å². The summed E-state index contributed by atoms with van der Waals surface area (Å²) in [6.45, 7) is 4.20. The first-order valence-electron chi connectivity index (χ1n) is 8.30. The van der Waals surface area contributed by atoms with Gasteiger partial charge < -0.3 is 14.5 Å². The fourth-order valence-electron chi connectivity index (χ4n) is 2.50. The minimum Gasteiger partial charge on any atom is -0.494 e. The summed E-state index contributed by atoms with van der Waals surface area (Å²) in [7, 11) is 0. The molecule has 5 nitrogen and oxygen atoms in total. The number of halogens is 1. The van der Waals surface area contributed by atoms with Crippen molar-refractivity contribution in [3.63, 3.8) is 0 Å². The lowest BCUT2D eigenvalue weighted by Gasteiger charge is -2.06. The molecule has 1 N–H and O–H groups in total.